The highest BCUT2D eigenvalue weighted by atomic mass is 35.5. The SMILES string of the molecule is Nc1c(Cl)cc(CN(Cc2ccco2)C2CC2)cc1Cl. The van der Waals surface area contributed by atoms with Gasteiger partial charge in [0.1, 0.15) is 5.76 Å². The van der Waals surface area contributed by atoms with Gasteiger partial charge in [0.2, 0.25) is 0 Å². The molecule has 106 valence electrons. The van der Waals surface area contributed by atoms with Crippen molar-refractivity contribution < 1.29 is 4.42 Å². The molecule has 1 aromatic carbocycles. The van der Waals surface area contributed by atoms with Crippen LogP contribution in [0.3, 0.4) is 0 Å². The minimum absolute atomic E-state index is 0.445. The topological polar surface area (TPSA) is 42.4 Å². The molecule has 20 heavy (non-hydrogen) atoms. The Morgan fingerprint density at radius 1 is 1.20 bits per heavy atom. The Morgan fingerprint density at radius 2 is 1.90 bits per heavy atom. The number of furan rings is 1. The van der Waals surface area contributed by atoms with Crippen LogP contribution in [0.2, 0.25) is 10.0 Å². The Balaban J connectivity index is 1.76. The van der Waals surface area contributed by atoms with E-state index in [9.17, 15) is 0 Å². The Labute approximate surface area is 128 Å². The zero-order chi connectivity index (χ0) is 14.1. The van der Waals surface area contributed by atoms with E-state index < -0.39 is 0 Å². The van der Waals surface area contributed by atoms with E-state index in [4.69, 9.17) is 33.4 Å². The number of hydrogen-bond acceptors (Lipinski definition) is 3. The second kappa shape index (κ2) is 5.68. The number of rotatable bonds is 5. The van der Waals surface area contributed by atoms with Crippen molar-refractivity contribution in [3.63, 3.8) is 0 Å². The van der Waals surface area contributed by atoms with Gasteiger partial charge in [-0.25, -0.2) is 0 Å². The van der Waals surface area contributed by atoms with Crippen molar-refractivity contribution in [3.05, 3.63) is 51.9 Å². The van der Waals surface area contributed by atoms with E-state index in [1.54, 1.807) is 6.26 Å². The molecular weight excluding hydrogens is 295 g/mol. The van der Waals surface area contributed by atoms with Gasteiger partial charge in [-0.15, -0.1) is 0 Å². The monoisotopic (exact) mass is 310 g/mol. The second-order valence-electron chi connectivity index (χ2n) is 5.19. The van der Waals surface area contributed by atoms with Crippen LogP contribution in [0.15, 0.2) is 34.9 Å². The third-order valence-electron chi connectivity index (χ3n) is 3.53. The Kier molecular flexibility index (Phi) is 3.92. The lowest BCUT2D eigenvalue weighted by Crippen LogP contribution is -2.24. The molecule has 3 nitrogen and oxygen atoms in total. The summed E-state index contributed by atoms with van der Waals surface area (Å²) >= 11 is 12.2. The van der Waals surface area contributed by atoms with E-state index in [0.717, 1.165) is 24.4 Å². The number of hydrogen-bond donors (Lipinski definition) is 1. The highest BCUT2D eigenvalue weighted by molar-refractivity contribution is 6.38. The molecule has 0 bridgehead atoms. The lowest BCUT2D eigenvalue weighted by molar-refractivity contribution is 0.225. The molecular formula is C15H16Cl2N2O. The molecule has 1 aliphatic rings. The average molecular weight is 311 g/mol. The maximum absolute atomic E-state index is 6.09. The summed E-state index contributed by atoms with van der Waals surface area (Å²) in [6, 6.07) is 8.31. The Hall–Kier alpha value is -1.16. The molecule has 0 radical (unpaired) electrons. The summed E-state index contributed by atoms with van der Waals surface area (Å²) in [7, 11) is 0. The van der Waals surface area contributed by atoms with Crippen LogP contribution >= 0.6 is 23.2 Å². The maximum Gasteiger partial charge on any atom is 0.117 e. The first-order chi connectivity index (χ1) is 9.63. The molecule has 2 N–H and O–H groups in total. The van der Waals surface area contributed by atoms with Crippen LogP contribution in [0.25, 0.3) is 0 Å². The third kappa shape index (κ3) is 3.11. The van der Waals surface area contributed by atoms with Crippen molar-refractivity contribution in [1.29, 1.82) is 0 Å². The zero-order valence-electron chi connectivity index (χ0n) is 11.0. The summed E-state index contributed by atoms with van der Waals surface area (Å²) in [5.74, 6) is 0.976. The van der Waals surface area contributed by atoms with E-state index in [-0.39, 0.29) is 0 Å². The van der Waals surface area contributed by atoms with Gasteiger partial charge in [-0.1, -0.05) is 23.2 Å². The summed E-state index contributed by atoms with van der Waals surface area (Å²) in [6.07, 6.45) is 4.17. The number of nitrogen functional groups attached to an aromatic ring is 1. The van der Waals surface area contributed by atoms with Crippen molar-refractivity contribution in [2.45, 2.75) is 32.0 Å². The summed E-state index contributed by atoms with van der Waals surface area (Å²) < 4.78 is 5.43. The first-order valence-corrected chi connectivity index (χ1v) is 7.39. The molecule has 0 amide bonds. The van der Waals surface area contributed by atoms with Crippen molar-refractivity contribution in [1.82, 2.24) is 4.90 Å². The molecule has 0 spiro atoms. The van der Waals surface area contributed by atoms with Crippen LogP contribution in [0.5, 0.6) is 0 Å². The van der Waals surface area contributed by atoms with E-state index in [0.29, 0.717) is 21.8 Å². The Bertz CT molecular complexity index is 571. The van der Waals surface area contributed by atoms with Gasteiger partial charge in [-0.05, 0) is 42.7 Å². The molecule has 0 unspecified atom stereocenters. The van der Waals surface area contributed by atoms with Crippen molar-refractivity contribution in [2.75, 3.05) is 5.73 Å². The number of nitrogens with two attached hydrogens (primary N) is 1. The van der Waals surface area contributed by atoms with Crippen LogP contribution < -0.4 is 5.73 Å². The third-order valence-corrected chi connectivity index (χ3v) is 4.15. The van der Waals surface area contributed by atoms with Gasteiger partial charge < -0.3 is 10.2 Å². The second-order valence-corrected chi connectivity index (χ2v) is 6.00. The molecule has 1 heterocycles. The number of anilines is 1. The molecule has 3 rings (SSSR count). The maximum atomic E-state index is 6.09. The number of halogens is 2. The minimum atomic E-state index is 0.445. The standard InChI is InChI=1S/C15H16Cl2N2O/c16-13-6-10(7-14(17)15(13)18)8-19(11-3-4-11)9-12-2-1-5-20-12/h1-2,5-7,11H,3-4,8-9,18H2. The van der Waals surface area contributed by atoms with Gasteiger partial charge in [0.25, 0.3) is 0 Å². The molecule has 0 aliphatic heterocycles. The van der Waals surface area contributed by atoms with Crippen LogP contribution in [-0.2, 0) is 13.1 Å². The van der Waals surface area contributed by atoms with Gasteiger partial charge in [0.15, 0.2) is 0 Å². The molecule has 1 saturated carbocycles. The van der Waals surface area contributed by atoms with Gasteiger partial charge in [0, 0.05) is 12.6 Å². The number of nitrogens with zero attached hydrogens (tertiary/aromatic N) is 1. The van der Waals surface area contributed by atoms with Crippen LogP contribution in [0, 0.1) is 0 Å². The zero-order valence-corrected chi connectivity index (χ0v) is 12.5. The van der Waals surface area contributed by atoms with Crippen molar-refractivity contribution in [2.24, 2.45) is 0 Å². The van der Waals surface area contributed by atoms with Gasteiger partial charge in [-0.2, -0.15) is 0 Å². The smallest absolute Gasteiger partial charge is 0.117 e. The van der Waals surface area contributed by atoms with Crippen LogP contribution in [0.4, 0.5) is 5.69 Å². The van der Waals surface area contributed by atoms with Crippen molar-refractivity contribution in [3.8, 4) is 0 Å². The molecule has 0 atom stereocenters. The average Bonchev–Trinajstić information content (AvgIpc) is 3.14. The molecule has 1 fully saturated rings. The molecule has 1 aromatic heterocycles. The lowest BCUT2D eigenvalue weighted by Gasteiger charge is -2.21. The van der Waals surface area contributed by atoms with Crippen molar-refractivity contribution >= 4 is 28.9 Å². The lowest BCUT2D eigenvalue weighted by atomic mass is 10.2. The highest BCUT2D eigenvalue weighted by Gasteiger charge is 2.29. The van der Waals surface area contributed by atoms with E-state index in [2.05, 4.69) is 4.90 Å². The fourth-order valence-electron chi connectivity index (χ4n) is 2.32. The highest BCUT2D eigenvalue weighted by Crippen LogP contribution is 2.33. The molecule has 2 aromatic rings. The predicted molar refractivity (Wildman–Crippen MR) is 81.9 cm³/mol. The summed E-state index contributed by atoms with van der Waals surface area (Å²) in [5, 5.41) is 1.03. The largest absolute Gasteiger partial charge is 0.468 e. The Morgan fingerprint density at radius 3 is 2.45 bits per heavy atom. The van der Waals surface area contributed by atoms with Gasteiger partial charge >= 0.3 is 0 Å². The fraction of sp³-hybridized carbons (Fsp3) is 0.333. The van der Waals surface area contributed by atoms with Gasteiger partial charge in [-0.3, -0.25) is 4.90 Å². The normalized spacial score (nSPS) is 14.9. The van der Waals surface area contributed by atoms with E-state index in [1.807, 2.05) is 24.3 Å². The van der Waals surface area contributed by atoms with Crippen LogP contribution in [-0.4, -0.2) is 10.9 Å². The first-order valence-electron chi connectivity index (χ1n) is 6.63. The quantitative estimate of drug-likeness (QED) is 0.836. The molecule has 5 heteroatoms. The van der Waals surface area contributed by atoms with E-state index in [1.165, 1.54) is 12.8 Å². The predicted octanol–water partition coefficient (Wildman–Crippen LogP) is 4.33. The minimum Gasteiger partial charge on any atom is -0.468 e. The molecule has 1 aliphatic carbocycles. The first kappa shape index (κ1) is 13.8. The molecule has 0 saturated heterocycles. The van der Waals surface area contributed by atoms with E-state index >= 15 is 0 Å². The van der Waals surface area contributed by atoms with Crippen LogP contribution in [0.1, 0.15) is 24.2 Å². The fourth-order valence-corrected chi connectivity index (χ4v) is 2.85. The summed E-state index contributed by atoms with van der Waals surface area (Å²) in [5.41, 5.74) is 7.29. The van der Waals surface area contributed by atoms with Gasteiger partial charge in [0.05, 0.1) is 28.5 Å². The summed E-state index contributed by atoms with van der Waals surface area (Å²) in [4.78, 5) is 2.39. The summed E-state index contributed by atoms with van der Waals surface area (Å²) in [6.45, 7) is 1.60. The number of benzene rings is 1.